The van der Waals surface area contributed by atoms with Gasteiger partial charge >= 0.3 is 5.97 Å². The van der Waals surface area contributed by atoms with Gasteiger partial charge in [-0.3, -0.25) is 14.5 Å². The van der Waals surface area contributed by atoms with Crippen LogP contribution in [0.1, 0.15) is 49.7 Å². The molecule has 5 aliphatic rings. The standard InChI is InChI=1S/C23H25NO4S2/c1-28-18-3-2-17(23-9-13-4-14(10-23)6-15(5-13)11-23)7-16(18)8-19-21(27)24(12-20(25)26)22(29)30-19/h2-3,7-8,13-15H,4-6,9-12H2,1H3,(H,25,26)/b19-8-. The van der Waals surface area contributed by atoms with Crippen LogP contribution >= 0.6 is 24.0 Å². The van der Waals surface area contributed by atoms with Gasteiger partial charge in [0.1, 0.15) is 16.6 Å². The van der Waals surface area contributed by atoms with Crippen molar-refractivity contribution in [2.75, 3.05) is 13.7 Å². The number of amides is 1. The summed E-state index contributed by atoms with van der Waals surface area (Å²) < 4.78 is 5.86. The number of hydrogen-bond donors (Lipinski definition) is 1. The first-order chi connectivity index (χ1) is 14.4. The van der Waals surface area contributed by atoms with Crippen LogP contribution in [-0.4, -0.2) is 39.9 Å². The van der Waals surface area contributed by atoms with Gasteiger partial charge in [0, 0.05) is 5.56 Å². The third-order valence-electron chi connectivity index (χ3n) is 7.33. The van der Waals surface area contributed by atoms with Gasteiger partial charge < -0.3 is 9.84 Å². The lowest BCUT2D eigenvalue weighted by Crippen LogP contribution is -2.48. The van der Waals surface area contributed by atoms with E-state index in [1.165, 1.54) is 44.1 Å². The number of carboxylic acids is 1. The molecule has 0 aromatic heterocycles. The van der Waals surface area contributed by atoms with Crippen LogP contribution in [0.4, 0.5) is 0 Å². The van der Waals surface area contributed by atoms with Crippen molar-refractivity contribution in [2.24, 2.45) is 17.8 Å². The number of rotatable bonds is 5. The molecule has 4 saturated carbocycles. The average molecular weight is 444 g/mol. The lowest BCUT2D eigenvalue weighted by Gasteiger charge is -2.57. The molecule has 0 unspecified atom stereocenters. The highest BCUT2D eigenvalue weighted by Crippen LogP contribution is 2.61. The SMILES string of the molecule is COc1ccc(C23CC4CC(CC(C4)C2)C3)cc1/C=C1\SC(=S)N(CC(=O)O)C1=O. The van der Waals surface area contributed by atoms with Crippen molar-refractivity contribution in [3.63, 3.8) is 0 Å². The molecule has 1 amide bonds. The maximum absolute atomic E-state index is 12.7. The van der Waals surface area contributed by atoms with E-state index >= 15 is 0 Å². The van der Waals surface area contributed by atoms with Gasteiger partial charge in [-0.05, 0) is 85.5 Å². The number of ether oxygens (including phenoxy) is 1. The molecule has 1 heterocycles. The smallest absolute Gasteiger partial charge is 0.323 e. The zero-order chi connectivity index (χ0) is 21.0. The number of aliphatic carboxylic acids is 1. The Morgan fingerprint density at radius 2 is 1.90 bits per heavy atom. The topological polar surface area (TPSA) is 66.8 Å². The van der Waals surface area contributed by atoms with E-state index in [2.05, 4.69) is 12.1 Å². The first kappa shape index (κ1) is 20.1. The molecule has 1 aromatic rings. The number of methoxy groups -OCH3 is 1. The molecule has 1 saturated heterocycles. The molecule has 1 aromatic carbocycles. The van der Waals surface area contributed by atoms with Gasteiger partial charge in [-0.25, -0.2) is 0 Å². The number of carboxylic acid groups (broad SMARTS) is 1. The van der Waals surface area contributed by atoms with Crippen LogP contribution in [-0.2, 0) is 15.0 Å². The van der Waals surface area contributed by atoms with Gasteiger partial charge in [-0.15, -0.1) is 0 Å². The summed E-state index contributed by atoms with van der Waals surface area (Å²) in [5, 5.41) is 9.05. The Balaban J connectivity index is 1.49. The lowest BCUT2D eigenvalue weighted by atomic mass is 9.48. The van der Waals surface area contributed by atoms with Crippen molar-refractivity contribution in [2.45, 2.75) is 43.9 Å². The number of nitrogens with zero attached hydrogens (tertiary/aromatic N) is 1. The van der Waals surface area contributed by atoms with E-state index in [0.717, 1.165) is 40.0 Å². The van der Waals surface area contributed by atoms with Crippen LogP contribution in [0.15, 0.2) is 23.1 Å². The maximum Gasteiger partial charge on any atom is 0.323 e. The summed E-state index contributed by atoms with van der Waals surface area (Å²) in [7, 11) is 1.63. The Kier molecular flexibility index (Phi) is 4.93. The van der Waals surface area contributed by atoms with Crippen LogP contribution in [0.3, 0.4) is 0 Å². The molecule has 30 heavy (non-hydrogen) atoms. The van der Waals surface area contributed by atoms with E-state index in [9.17, 15) is 9.59 Å². The van der Waals surface area contributed by atoms with E-state index in [-0.39, 0.29) is 15.6 Å². The van der Waals surface area contributed by atoms with Crippen molar-refractivity contribution in [1.29, 1.82) is 0 Å². The minimum atomic E-state index is -1.08. The molecule has 0 spiro atoms. The summed E-state index contributed by atoms with van der Waals surface area (Å²) in [6.45, 7) is -0.410. The summed E-state index contributed by atoms with van der Waals surface area (Å²) in [5.41, 5.74) is 2.47. The highest BCUT2D eigenvalue weighted by atomic mass is 32.2. The Morgan fingerprint density at radius 1 is 1.27 bits per heavy atom. The maximum atomic E-state index is 12.7. The van der Waals surface area contributed by atoms with Crippen molar-refractivity contribution in [3.05, 3.63) is 34.2 Å². The number of thiocarbonyl (C=S) groups is 1. The summed E-state index contributed by atoms with van der Waals surface area (Å²) in [6.07, 6.45) is 9.81. The molecular weight excluding hydrogens is 418 g/mol. The molecule has 0 atom stereocenters. The van der Waals surface area contributed by atoms with Crippen molar-refractivity contribution in [3.8, 4) is 5.75 Å². The number of thioether (sulfide) groups is 1. The second-order valence-electron chi connectivity index (χ2n) is 9.32. The quantitative estimate of drug-likeness (QED) is 0.536. The molecular formula is C23H25NO4S2. The van der Waals surface area contributed by atoms with E-state index in [0.29, 0.717) is 10.7 Å². The van der Waals surface area contributed by atoms with Crippen molar-refractivity contribution in [1.82, 2.24) is 4.90 Å². The molecule has 4 aliphatic carbocycles. The normalized spacial score (nSPS) is 33.6. The van der Waals surface area contributed by atoms with Gasteiger partial charge in [-0.2, -0.15) is 0 Å². The summed E-state index contributed by atoms with van der Waals surface area (Å²) in [4.78, 5) is 25.4. The van der Waals surface area contributed by atoms with Gasteiger partial charge in [0.05, 0.1) is 12.0 Å². The number of carbonyl (C=O) groups is 2. The fraction of sp³-hybridized carbons (Fsp3) is 0.522. The summed E-state index contributed by atoms with van der Waals surface area (Å²) in [6, 6.07) is 6.41. The monoisotopic (exact) mass is 443 g/mol. The van der Waals surface area contributed by atoms with Crippen LogP contribution in [0.2, 0.25) is 0 Å². The number of carbonyl (C=O) groups excluding carboxylic acids is 1. The van der Waals surface area contributed by atoms with Gasteiger partial charge in [-0.1, -0.05) is 30.0 Å². The Morgan fingerprint density at radius 3 is 2.47 bits per heavy atom. The van der Waals surface area contributed by atoms with Crippen LogP contribution < -0.4 is 4.74 Å². The first-order valence-electron chi connectivity index (χ1n) is 10.5. The fourth-order valence-electron chi connectivity index (χ4n) is 6.55. The minimum Gasteiger partial charge on any atom is -0.496 e. The fourth-order valence-corrected chi connectivity index (χ4v) is 7.80. The molecule has 1 N–H and O–H groups in total. The Bertz CT molecular complexity index is 935. The number of benzene rings is 1. The second-order valence-corrected chi connectivity index (χ2v) is 11.0. The predicted molar refractivity (Wildman–Crippen MR) is 120 cm³/mol. The van der Waals surface area contributed by atoms with E-state index < -0.39 is 12.5 Å². The third kappa shape index (κ3) is 3.36. The Hall–Kier alpha value is -1.86. The van der Waals surface area contributed by atoms with Crippen LogP contribution in [0, 0.1) is 17.8 Å². The average Bonchev–Trinajstić information content (AvgIpc) is 2.94. The largest absolute Gasteiger partial charge is 0.496 e. The number of hydrogen-bond acceptors (Lipinski definition) is 5. The molecule has 4 bridgehead atoms. The molecule has 6 rings (SSSR count). The molecule has 5 nitrogen and oxygen atoms in total. The third-order valence-corrected chi connectivity index (χ3v) is 8.71. The molecule has 158 valence electrons. The zero-order valence-corrected chi connectivity index (χ0v) is 18.6. The van der Waals surface area contributed by atoms with E-state index in [1.807, 2.05) is 12.1 Å². The minimum absolute atomic E-state index is 0.256. The van der Waals surface area contributed by atoms with Crippen molar-refractivity contribution >= 4 is 46.3 Å². The molecule has 5 fully saturated rings. The van der Waals surface area contributed by atoms with Gasteiger partial charge in [0.15, 0.2) is 0 Å². The van der Waals surface area contributed by atoms with Crippen molar-refractivity contribution < 1.29 is 19.4 Å². The second kappa shape index (κ2) is 7.38. The van der Waals surface area contributed by atoms with Gasteiger partial charge in [0.25, 0.3) is 5.91 Å². The first-order valence-corrected chi connectivity index (χ1v) is 11.7. The molecule has 0 radical (unpaired) electrons. The van der Waals surface area contributed by atoms with Gasteiger partial charge in [0.2, 0.25) is 0 Å². The van der Waals surface area contributed by atoms with E-state index in [4.69, 9.17) is 22.1 Å². The van der Waals surface area contributed by atoms with Crippen LogP contribution in [0.25, 0.3) is 6.08 Å². The zero-order valence-electron chi connectivity index (χ0n) is 16.9. The highest BCUT2D eigenvalue weighted by molar-refractivity contribution is 8.26. The van der Waals surface area contributed by atoms with Crippen LogP contribution in [0.5, 0.6) is 5.75 Å². The predicted octanol–water partition coefficient (Wildman–Crippen LogP) is 4.45. The highest BCUT2D eigenvalue weighted by Gasteiger charge is 2.51. The molecule has 1 aliphatic heterocycles. The lowest BCUT2D eigenvalue weighted by molar-refractivity contribution is -0.140. The molecule has 7 heteroatoms. The van der Waals surface area contributed by atoms with E-state index in [1.54, 1.807) is 7.11 Å². The Labute approximate surface area is 185 Å². The summed E-state index contributed by atoms with van der Waals surface area (Å²) >= 11 is 6.38. The summed E-state index contributed by atoms with van der Waals surface area (Å²) in [5.74, 6) is 1.85.